The number of rotatable bonds is 2. The molecule has 0 amide bonds. The van der Waals surface area contributed by atoms with Gasteiger partial charge in [0.2, 0.25) is 5.90 Å². The first kappa shape index (κ1) is 8.25. The van der Waals surface area contributed by atoms with E-state index in [9.17, 15) is 4.79 Å². The predicted molar refractivity (Wildman–Crippen MR) is 48.2 cm³/mol. The summed E-state index contributed by atoms with van der Waals surface area (Å²) in [6.07, 6.45) is 0. The van der Waals surface area contributed by atoms with Gasteiger partial charge >= 0.3 is 5.97 Å². The summed E-state index contributed by atoms with van der Waals surface area (Å²) in [5.74, 6) is -0.492. The second-order valence-electron chi connectivity index (χ2n) is 2.58. The van der Waals surface area contributed by atoms with Gasteiger partial charge < -0.3 is 9.84 Å². The Morgan fingerprint density at radius 3 is 3.15 bits per heavy atom. The summed E-state index contributed by atoms with van der Waals surface area (Å²) in [6.45, 7) is 0.141. The number of hydrogen-bond acceptors (Lipinski definition) is 4. The van der Waals surface area contributed by atoms with Crippen LogP contribution >= 0.6 is 11.3 Å². The van der Waals surface area contributed by atoms with Gasteiger partial charge in [-0.2, -0.15) is 0 Å². The van der Waals surface area contributed by atoms with Crippen molar-refractivity contribution in [2.24, 2.45) is 4.99 Å². The molecular weight excluding hydrogens is 190 g/mol. The average Bonchev–Trinajstić information content (AvgIpc) is 2.75. The van der Waals surface area contributed by atoms with Crippen LogP contribution in [0.15, 0.2) is 22.5 Å². The standard InChI is InChI=1S/C8H7NO3S/c10-8(11)5-4-12-7(9-5)6-2-1-3-13-6/h1-3,5H,4H2,(H,10,11). The molecule has 0 radical (unpaired) electrons. The fourth-order valence-electron chi connectivity index (χ4n) is 1.04. The molecule has 1 aliphatic heterocycles. The summed E-state index contributed by atoms with van der Waals surface area (Å²) < 4.78 is 5.15. The number of carboxylic acid groups (broad SMARTS) is 1. The van der Waals surface area contributed by atoms with Crippen LogP contribution in [0.25, 0.3) is 0 Å². The SMILES string of the molecule is O=C(O)C1COC(c2cccs2)=N1. The first-order valence-electron chi connectivity index (χ1n) is 3.74. The molecular formula is C8H7NO3S. The summed E-state index contributed by atoms with van der Waals surface area (Å²) in [5, 5.41) is 10.5. The van der Waals surface area contributed by atoms with Gasteiger partial charge in [-0.1, -0.05) is 6.07 Å². The zero-order chi connectivity index (χ0) is 9.26. The van der Waals surface area contributed by atoms with Crippen molar-refractivity contribution in [3.8, 4) is 0 Å². The third-order valence-corrected chi connectivity index (χ3v) is 2.53. The summed E-state index contributed by atoms with van der Waals surface area (Å²) >= 11 is 1.49. The Kier molecular flexibility index (Phi) is 2.02. The number of carboxylic acids is 1. The van der Waals surface area contributed by atoms with Gasteiger partial charge in [-0.3, -0.25) is 0 Å². The lowest BCUT2D eigenvalue weighted by molar-refractivity contribution is -0.138. The second kappa shape index (κ2) is 3.18. The van der Waals surface area contributed by atoms with Crippen LogP contribution in [-0.2, 0) is 9.53 Å². The number of ether oxygens (including phenoxy) is 1. The van der Waals surface area contributed by atoms with E-state index >= 15 is 0 Å². The maximum atomic E-state index is 10.5. The van der Waals surface area contributed by atoms with Crippen LogP contribution in [0.3, 0.4) is 0 Å². The molecule has 1 aromatic heterocycles. The van der Waals surface area contributed by atoms with Crippen molar-refractivity contribution >= 4 is 23.2 Å². The second-order valence-corrected chi connectivity index (χ2v) is 3.52. The zero-order valence-corrected chi connectivity index (χ0v) is 7.45. The first-order chi connectivity index (χ1) is 6.27. The Balaban J connectivity index is 2.20. The minimum Gasteiger partial charge on any atom is -0.480 e. The van der Waals surface area contributed by atoms with Crippen LogP contribution in [0.2, 0.25) is 0 Å². The molecule has 1 aliphatic rings. The van der Waals surface area contributed by atoms with Crippen LogP contribution < -0.4 is 0 Å². The van der Waals surface area contributed by atoms with E-state index in [-0.39, 0.29) is 6.61 Å². The highest BCUT2D eigenvalue weighted by Gasteiger charge is 2.26. The molecule has 0 spiro atoms. The van der Waals surface area contributed by atoms with Crippen molar-refractivity contribution in [1.29, 1.82) is 0 Å². The molecule has 2 rings (SSSR count). The molecule has 1 atom stereocenters. The van der Waals surface area contributed by atoms with E-state index in [2.05, 4.69) is 4.99 Å². The topological polar surface area (TPSA) is 58.9 Å². The molecule has 1 unspecified atom stereocenters. The third kappa shape index (κ3) is 1.55. The molecule has 0 saturated heterocycles. The fourth-order valence-corrected chi connectivity index (χ4v) is 1.71. The predicted octanol–water partition coefficient (Wildman–Crippen LogP) is 0.978. The maximum Gasteiger partial charge on any atom is 0.332 e. The third-order valence-electron chi connectivity index (χ3n) is 1.67. The van der Waals surface area contributed by atoms with Crippen LogP contribution in [0, 0.1) is 0 Å². The van der Waals surface area contributed by atoms with Crippen molar-refractivity contribution < 1.29 is 14.6 Å². The van der Waals surface area contributed by atoms with Crippen molar-refractivity contribution in [2.45, 2.75) is 6.04 Å². The molecule has 5 heteroatoms. The van der Waals surface area contributed by atoms with Gasteiger partial charge in [-0.05, 0) is 11.4 Å². The van der Waals surface area contributed by atoms with Gasteiger partial charge in [0, 0.05) is 0 Å². The molecule has 0 aliphatic carbocycles. The van der Waals surface area contributed by atoms with Gasteiger partial charge in [0.1, 0.15) is 6.61 Å². The van der Waals surface area contributed by atoms with Crippen LogP contribution in [0.1, 0.15) is 4.88 Å². The van der Waals surface area contributed by atoms with Gasteiger partial charge in [0.25, 0.3) is 0 Å². The largest absolute Gasteiger partial charge is 0.480 e. The number of carbonyl (C=O) groups is 1. The van der Waals surface area contributed by atoms with E-state index in [0.29, 0.717) is 5.90 Å². The van der Waals surface area contributed by atoms with Gasteiger partial charge in [0.15, 0.2) is 6.04 Å². The summed E-state index contributed by atoms with van der Waals surface area (Å²) in [6, 6.07) is 2.99. The van der Waals surface area contributed by atoms with E-state index in [1.807, 2.05) is 17.5 Å². The number of aliphatic carboxylic acids is 1. The minimum absolute atomic E-state index is 0.141. The van der Waals surface area contributed by atoms with Crippen molar-refractivity contribution in [1.82, 2.24) is 0 Å². The lowest BCUT2D eigenvalue weighted by Crippen LogP contribution is -2.18. The molecule has 68 valence electrons. The summed E-state index contributed by atoms with van der Waals surface area (Å²) in [4.78, 5) is 15.3. The molecule has 1 N–H and O–H groups in total. The normalized spacial score (nSPS) is 20.9. The highest BCUT2D eigenvalue weighted by Crippen LogP contribution is 2.16. The lowest BCUT2D eigenvalue weighted by Gasteiger charge is -1.95. The van der Waals surface area contributed by atoms with Gasteiger partial charge in [-0.15, -0.1) is 11.3 Å². The van der Waals surface area contributed by atoms with Gasteiger partial charge in [0.05, 0.1) is 4.88 Å². The molecule has 13 heavy (non-hydrogen) atoms. The Bertz CT molecular complexity index is 344. The maximum absolute atomic E-state index is 10.5. The minimum atomic E-state index is -0.938. The Morgan fingerprint density at radius 2 is 2.62 bits per heavy atom. The van der Waals surface area contributed by atoms with E-state index in [0.717, 1.165) is 4.88 Å². The van der Waals surface area contributed by atoms with Gasteiger partial charge in [-0.25, -0.2) is 9.79 Å². The molecule has 0 fully saturated rings. The van der Waals surface area contributed by atoms with E-state index in [4.69, 9.17) is 9.84 Å². The lowest BCUT2D eigenvalue weighted by atomic mass is 10.3. The molecule has 0 saturated carbocycles. The van der Waals surface area contributed by atoms with E-state index in [1.54, 1.807) is 0 Å². The molecule has 0 bridgehead atoms. The molecule has 4 nitrogen and oxygen atoms in total. The Hall–Kier alpha value is -1.36. The fraction of sp³-hybridized carbons (Fsp3) is 0.250. The Morgan fingerprint density at radius 1 is 1.77 bits per heavy atom. The highest BCUT2D eigenvalue weighted by molar-refractivity contribution is 7.12. The number of nitrogens with zero attached hydrogens (tertiary/aromatic N) is 1. The Labute approximate surface area is 78.5 Å². The number of thiophene rings is 1. The number of aliphatic imine (C=N–C) groups is 1. The number of hydrogen-bond donors (Lipinski definition) is 1. The summed E-state index contributed by atoms with van der Waals surface area (Å²) in [5.41, 5.74) is 0. The smallest absolute Gasteiger partial charge is 0.332 e. The quantitative estimate of drug-likeness (QED) is 0.768. The first-order valence-corrected chi connectivity index (χ1v) is 4.62. The molecule has 0 aromatic carbocycles. The van der Waals surface area contributed by atoms with Crippen LogP contribution in [-0.4, -0.2) is 29.6 Å². The molecule has 2 heterocycles. The summed E-state index contributed by atoms with van der Waals surface area (Å²) in [7, 11) is 0. The monoisotopic (exact) mass is 197 g/mol. The van der Waals surface area contributed by atoms with Crippen molar-refractivity contribution in [3.05, 3.63) is 22.4 Å². The highest BCUT2D eigenvalue weighted by atomic mass is 32.1. The van der Waals surface area contributed by atoms with Crippen molar-refractivity contribution in [2.75, 3.05) is 6.61 Å². The molecule has 1 aromatic rings. The van der Waals surface area contributed by atoms with Crippen LogP contribution in [0.4, 0.5) is 0 Å². The average molecular weight is 197 g/mol. The van der Waals surface area contributed by atoms with Crippen molar-refractivity contribution in [3.63, 3.8) is 0 Å². The zero-order valence-electron chi connectivity index (χ0n) is 6.64. The van der Waals surface area contributed by atoms with Crippen LogP contribution in [0.5, 0.6) is 0 Å². The van der Waals surface area contributed by atoms with E-state index in [1.165, 1.54) is 11.3 Å². The van der Waals surface area contributed by atoms with E-state index < -0.39 is 12.0 Å².